The third-order valence-corrected chi connectivity index (χ3v) is 16.0. The van der Waals surface area contributed by atoms with Gasteiger partial charge in [0.25, 0.3) is 46.0 Å². The molecule has 0 amide bonds. The summed E-state index contributed by atoms with van der Waals surface area (Å²) >= 11 is 0. The van der Waals surface area contributed by atoms with E-state index in [9.17, 15) is 84.6 Å². The molecule has 2 aliphatic carbocycles. The summed E-state index contributed by atoms with van der Waals surface area (Å²) in [6.07, 6.45) is -0.693. The summed E-state index contributed by atoms with van der Waals surface area (Å²) in [4.78, 5) is 51.6. The lowest BCUT2D eigenvalue weighted by Crippen LogP contribution is -2.33. The van der Waals surface area contributed by atoms with Crippen LogP contribution in [0.15, 0.2) is 125 Å². The molecule has 1 aliphatic heterocycles. The average Bonchev–Trinajstić information content (AvgIpc) is 3.47. The molecule has 0 bridgehead atoms. The molecule has 0 radical (unpaired) electrons. The van der Waals surface area contributed by atoms with Gasteiger partial charge in [0.1, 0.15) is 20.4 Å². The lowest BCUT2D eigenvalue weighted by atomic mass is 9.96. The van der Waals surface area contributed by atoms with Crippen molar-refractivity contribution in [1.29, 1.82) is 0 Å². The van der Waals surface area contributed by atoms with E-state index >= 15 is 0 Å². The van der Waals surface area contributed by atoms with Crippen LogP contribution in [0.2, 0.25) is 0 Å². The Kier molecular flexibility index (Phi) is 10.8. The molecule has 0 saturated carbocycles. The van der Waals surface area contributed by atoms with Gasteiger partial charge in [-0.2, -0.15) is 33.7 Å². The van der Waals surface area contributed by atoms with E-state index in [2.05, 4.69) is 10.3 Å². The van der Waals surface area contributed by atoms with Crippen molar-refractivity contribution in [3.05, 3.63) is 144 Å². The number of Topliss-reactive ketones (excluding diaryl/α,β-unsaturated/α-hetero) is 2. The minimum atomic E-state index is -5.84. The maximum Gasteiger partial charge on any atom is 0.296 e. The predicted molar refractivity (Wildman–Crippen MR) is 229 cm³/mol. The van der Waals surface area contributed by atoms with Crippen molar-refractivity contribution in [2.24, 2.45) is 5.92 Å². The SMILES string of the molecule is O=C1c2ccccc2C(=O)C1CCS(=O)(=O)c1cc(S(=O)(=O)O)c(Nc2cc(S(=O)(=O)O)c3nc(=O)c(=C(O)c4cccc(S(=O)(=O)O)c4)c4c5ccccc5c(=O)c2c3=4)c(S(=O)(=O)O)c1. The summed E-state index contributed by atoms with van der Waals surface area (Å²) < 4.78 is 171. The Morgan fingerprint density at radius 1 is 0.591 bits per heavy atom. The fourth-order valence-electron chi connectivity index (χ4n) is 7.86. The van der Waals surface area contributed by atoms with Gasteiger partial charge in [-0.25, -0.2) is 13.4 Å². The van der Waals surface area contributed by atoms with Crippen LogP contribution in [0.3, 0.4) is 0 Å². The lowest BCUT2D eigenvalue weighted by Gasteiger charge is -2.19. The smallest absolute Gasteiger partial charge is 0.296 e. The van der Waals surface area contributed by atoms with Crippen LogP contribution in [0, 0.1) is 16.4 Å². The zero-order valence-electron chi connectivity index (χ0n) is 32.6. The Labute approximate surface area is 370 Å². The molecule has 26 heteroatoms. The second kappa shape index (κ2) is 15.5. The Morgan fingerprint density at radius 2 is 1.14 bits per heavy atom. The molecule has 340 valence electrons. The molecule has 3 aliphatic rings. The number of benzene rings is 5. The Hall–Kier alpha value is -6.62. The summed E-state index contributed by atoms with van der Waals surface area (Å²) in [5, 5.41) is 10.5. The van der Waals surface area contributed by atoms with E-state index in [0.29, 0.717) is 6.07 Å². The summed E-state index contributed by atoms with van der Waals surface area (Å²) in [6, 6.07) is 15.4. The molecule has 6 N–H and O–H groups in total. The average molecular weight is 999 g/mol. The van der Waals surface area contributed by atoms with Crippen LogP contribution in [-0.2, 0) is 50.3 Å². The second-order valence-corrected chi connectivity index (χ2v) is 22.4. The molecule has 0 unspecified atom stereocenters. The number of aliphatic hydroxyl groups is 1. The van der Waals surface area contributed by atoms with Gasteiger partial charge >= 0.3 is 0 Å². The number of anilines is 2. The summed E-state index contributed by atoms with van der Waals surface area (Å²) in [5.41, 5.74) is -6.27. The zero-order chi connectivity index (χ0) is 48.2. The fraction of sp³-hybridized carbons (Fsp3) is 0.0750. The summed E-state index contributed by atoms with van der Waals surface area (Å²) in [6.45, 7) is 0. The normalized spacial score (nSPS) is 14.6. The molecule has 0 spiro atoms. The molecule has 0 aromatic heterocycles. The first kappa shape index (κ1) is 45.9. The van der Waals surface area contributed by atoms with Crippen LogP contribution < -0.4 is 21.5 Å². The highest BCUT2D eigenvalue weighted by Gasteiger charge is 2.39. The second-order valence-electron chi connectivity index (χ2n) is 14.7. The van der Waals surface area contributed by atoms with Gasteiger partial charge in [-0.3, -0.25) is 37.4 Å². The number of nitrogens with one attached hydrogen (secondary N) is 1. The van der Waals surface area contributed by atoms with Gasteiger partial charge < -0.3 is 10.4 Å². The van der Waals surface area contributed by atoms with Crippen LogP contribution in [-0.4, -0.2) is 87.7 Å². The largest absolute Gasteiger partial charge is 0.506 e. The van der Waals surface area contributed by atoms with Gasteiger partial charge in [-0.1, -0.05) is 60.7 Å². The summed E-state index contributed by atoms with van der Waals surface area (Å²) in [5.74, 6) is -5.11. The van der Waals surface area contributed by atoms with Crippen molar-refractivity contribution in [1.82, 2.24) is 4.98 Å². The molecular formula is C40H26N2O19S5. The van der Waals surface area contributed by atoms with Gasteiger partial charge in [0, 0.05) is 32.5 Å². The van der Waals surface area contributed by atoms with Gasteiger partial charge in [-0.15, -0.1) is 0 Å². The number of aliphatic hydroxyl groups excluding tert-OH is 1. The number of fused-ring (bicyclic) bond motifs is 3. The van der Waals surface area contributed by atoms with Crippen LogP contribution >= 0.6 is 0 Å². The van der Waals surface area contributed by atoms with Crippen LogP contribution in [0.25, 0.3) is 27.4 Å². The van der Waals surface area contributed by atoms with E-state index in [-0.39, 0.29) is 34.0 Å². The summed E-state index contributed by atoms with van der Waals surface area (Å²) in [7, 11) is -27.2. The van der Waals surface area contributed by atoms with Crippen molar-refractivity contribution in [2.45, 2.75) is 30.9 Å². The van der Waals surface area contributed by atoms with Crippen LogP contribution in [0.4, 0.5) is 11.4 Å². The molecule has 8 rings (SSSR count). The minimum Gasteiger partial charge on any atom is -0.506 e. The molecule has 0 fully saturated rings. The maximum absolute atomic E-state index is 14.5. The predicted octanol–water partition coefficient (Wildman–Crippen LogP) is 2.29. The number of hydrogen-bond donors (Lipinski definition) is 6. The zero-order valence-corrected chi connectivity index (χ0v) is 36.7. The maximum atomic E-state index is 14.5. The van der Waals surface area contributed by atoms with E-state index in [1.807, 2.05) is 0 Å². The molecule has 21 nitrogen and oxygen atoms in total. The van der Waals surface area contributed by atoms with Gasteiger partial charge in [0.15, 0.2) is 26.8 Å². The highest BCUT2D eigenvalue weighted by atomic mass is 32.2. The number of sulfone groups is 1. The Balaban J connectivity index is 1.43. The Bertz CT molecular complexity index is 4110. The minimum absolute atomic E-state index is 0.0162. The molecular weight excluding hydrogens is 973 g/mol. The van der Waals surface area contributed by atoms with E-state index in [1.54, 1.807) is 0 Å². The Morgan fingerprint density at radius 3 is 1.68 bits per heavy atom. The first-order chi connectivity index (χ1) is 30.6. The fourth-order valence-corrected chi connectivity index (χ4v) is 12.0. The number of ketones is 2. The number of nitrogens with zero attached hydrogens (tertiary/aromatic N) is 1. The first-order valence-electron chi connectivity index (χ1n) is 18.4. The molecule has 5 aromatic rings. The molecule has 1 heterocycles. The number of aromatic nitrogens is 1. The van der Waals surface area contributed by atoms with Gasteiger partial charge in [0.05, 0.1) is 49.0 Å². The topological polar surface area (TPSA) is 365 Å². The molecule has 66 heavy (non-hydrogen) atoms. The van der Waals surface area contributed by atoms with Gasteiger partial charge in [-0.05, 0) is 42.1 Å². The van der Waals surface area contributed by atoms with E-state index in [0.717, 1.165) is 24.3 Å². The van der Waals surface area contributed by atoms with Gasteiger partial charge in [0.2, 0.25) is 0 Å². The molecule has 0 saturated heterocycles. The standard InChI is InChI=1S/C40H26N2O19S5/c43-36(18-6-5-7-19(14-18)63(50,51)52)33-30-21-8-1-2-9-22(21)39(46)31-26(17-29(66(59,60)61)35(32(30)31)42-40(33)47)41-34-27(64(53,54)55)15-20(16-28(34)65(56,57)58)62(48,49)13-12-25-37(44)23-10-3-4-11-24(23)38(25)45/h1-11,14-17,25,41,43H,12-13H2,(H,50,51,52)(H,53,54,55)(H,56,57,58)(H,59,60,61). The monoisotopic (exact) mass is 998 g/mol. The third kappa shape index (κ3) is 7.75. The van der Waals surface area contributed by atoms with Crippen molar-refractivity contribution >= 4 is 101 Å². The molecule has 0 atom stereocenters. The molecule has 5 aromatic carbocycles. The van der Waals surface area contributed by atoms with Crippen molar-refractivity contribution in [3.8, 4) is 0 Å². The first-order valence-corrected chi connectivity index (χ1v) is 25.8. The number of carbonyl (C=O) groups is 2. The quantitative estimate of drug-likeness (QED) is 0.0799. The van der Waals surface area contributed by atoms with Crippen molar-refractivity contribution in [2.75, 3.05) is 11.1 Å². The van der Waals surface area contributed by atoms with Crippen LogP contribution in [0.5, 0.6) is 0 Å². The number of rotatable bonds is 11. The van der Waals surface area contributed by atoms with E-state index in [4.69, 9.17) is 0 Å². The van der Waals surface area contributed by atoms with E-state index < -0.39 is 165 Å². The van der Waals surface area contributed by atoms with E-state index in [1.165, 1.54) is 48.5 Å². The van der Waals surface area contributed by atoms with Crippen molar-refractivity contribution < 1.29 is 75.0 Å². The highest BCUT2D eigenvalue weighted by Crippen LogP contribution is 2.39. The third-order valence-electron chi connectivity index (χ3n) is 10.8. The number of carbonyl (C=O) groups excluding carboxylic acids is 2. The number of hydrogen-bond acceptors (Lipinski definition) is 17. The van der Waals surface area contributed by atoms with Crippen molar-refractivity contribution in [3.63, 3.8) is 0 Å². The van der Waals surface area contributed by atoms with Crippen LogP contribution in [0.1, 0.15) is 32.7 Å². The highest BCUT2D eigenvalue weighted by molar-refractivity contribution is 7.91. The lowest BCUT2D eigenvalue weighted by molar-refractivity contribution is 0.0836.